The van der Waals surface area contributed by atoms with Crippen LogP contribution in [-0.2, 0) is 9.53 Å². The molecule has 74 valence electrons. The number of ether oxygens (including phenoxy) is 1. The van der Waals surface area contributed by atoms with Gasteiger partial charge in [-0.3, -0.25) is 0 Å². The third kappa shape index (κ3) is 2.60. The van der Waals surface area contributed by atoms with Crippen molar-refractivity contribution in [1.29, 1.82) is 0 Å². The Bertz CT molecular complexity index is 329. The smallest absolute Gasteiger partial charge is 0.339 e. The van der Waals surface area contributed by atoms with E-state index in [-0.39, 0.29) is 5.57 Å². The highest BCUT2D eigenvalue weighted by Crippen LogP contribution is 2.13. The second-order valence-electron chi connectivity index (χ2n) is 2.50. The van der Waals surface area contributed by atoms with Gasteiger partial charge < -0.3 is 14.9 Å². The summed E-state index contributed by atoms with van der Waals surface area (Å²) in [5.74, 6) is -1.09. The number of aliphatic carboxylic acids is 1. The summed E-state index contributed by atoms with van der Waals surface area (Å²) in [7, 11) is 0. The first-order chi connectivity index (χ1) is 6.75. The number of carbonyl (C=O) groups is 1. The number of rotatable bonds is 4. The molecule has 0 unspecified atom stereocenters. The van der Waals surface area contributed by atoms with E-state index >= 15 is 0 Å². The zero-order valence-electron chi connectivity index (χ0n) is 7.38. The molecular weight excluding hydrogens is 184 g/mol. The van der Waals surface area contributed by atoms with Crippen molar-refractivity contribution in [1.82, 2.24) is 0 Å². The van der Waals surface area contributed by atoms with Crippen LogP contribution in [0.25, 0.3) is 5.57 Å². The normalized spacial score (nSPS) is 11.1. The van der Waals surface area contributed by atoms with Gasteiger partial charge in [0.1, 0.15) is 11.8 Å². The maximum absolute atomic E-state index is 10.8. The molecule has 1 aromatic carbocycles. The topological polar surface area (TPSA) is 66.8 Å². The molecule has 0 radical (unpaired) electrons. The summed E-state index contributed by atoms with van der Waals surface area (Å²) in [5.41, 5.74) is 0.549. The minimum absolute atomic E-state index is 0.0136. The molecule has 0 heterocycles. The second-order valence-corrected chi connectivity index (χ2v) is 2.50. The molecule has 0 aliphatic carbocycles. The van der Waals surface area contributed by atoms with E-state index in [4.69, 9.17) is 10.2 Å². The summed E-state index contributed by atoms with van der Waals surface area (Å²) in [6.45, 7) is -0.538. The predicted molar refractivity (Wildman–Crippen MR) is 50.2 cm³/mol. The van der Waals surface area contributed by atoms with Gasteiger partial charge in [-0.2, -0.15) is 0 Å². The van der Waals surface area contributed by atoms with Crippen LogP contribution in [0.4, 0.5) is 0 Å². The van der Waals surface area contributed by atoms with Crippen molar-refractivity contribution in [2.24, 2.45) is 0 Å². The number of carboxylic acids is 1. The molecule has 0 spiro atoms. The van der Waals surface area contributed by atoms with E-state index in [2.05, 4.69) is 4.74 Å². The Morgan fingerprint density at radius 3 is 2.50 bits per heavy atom. The van der Waals surface area contributed by atoms with Gasteiger partial charge in [0, 0.05) is 0 Å². The Morgan fingerprint density at radius 1 is 1.36 bits per heavy atom. The molecule has 0 amide bonds. The van der Waals surface area contributed by atoms with Crippen LogP contribution in [0.3, 0.4) is 0 Å². The average molecular weight is 194 g/mol. The van der Waals surface area contributed by atoms with Gasteiger partial charge >= 0.3 is 5.97 Å². The summed E-state index contributed by atoms with van der Waals surface area (Å²) in [6, 6.07) is 8.55. The van der Waals surface area contributed by atoms with Gasteiger partial charge in [-0.15, -0.1) is 0 Å². The molecule has 4 heteroatoms. The van der Waals surface area contributed by atoms with Crippen molar-refractivity contribution < 1.29 is 19.7 Å². The second kappa shape index (κ2) is 5.04. The van der Waals surface area contributed by atoms with Crippen LogP contribution in [0.2, 0.25) is 0 Å². The van der Waals surface area contributed by atoms with Crippen molar-refractivity contribution in [2.75, 3.05) is 6.79 Å². The van der Waals surface area contributed by atoms with Crippen LogP contribution >= 0.6 is 0 Å². The van der Waals surface area contributed by atoms with Crippen LogP contribution in [0.1, 0.15) is 5.56 Å². The maximum atomic E-state index is 10.8. The average Bonchev–Trinajstić information content (AvgIpc) is 2.19. The lowest BCUT2D eigenvalue weighted by Crippen LogP contribution is -2.00. The largest absolute Gasteiger partial charge is 0.478 e. The van der Waals surface area contributed by atoms with E-state index in [9.17, 15) is 4.79 Å². The van der Waals surface area contributed by atoms with Crippen molar-refractivity contribution in [3.8, 4) is 0 Å². The first-order valence-corrected chi connectivity index (χ1v) is 3.97. The lowest BCUT2D eigenvalue weighted by Gasteiger charge is -2.01. The van der Waals surface area contributed by atoms with Gasteiger partial charge in [0.15, 0.2) is 6.79 Å². The Labute approximate surface area is 81.1 Å². The maximum Gasteiger partial charge on any atom is 0.339 e. The van der Waals surface area contributed by atoms with Crippen molar-refractivity contribution in [2.45, 2.75) is 0 Å². The molecule has 0 aromatic heterocycles. The van der Waals surface area contributed by atoms with Crippen LogP contribution in [0.15, 0.2) is 36.6 Å². The summed E-state index contributed by atoms with van der Waals surface area (Å²) in [4.78, 5) is 10.8. The molecular formula is C10H10O4. The molecule has 1 rings (SSSR count). The first kappa shape index (κ1) is 10.3. The van der Waals surface area contributed by atoms with Gasteiger partial charge in [-0.25, -0.2) is 4.79 Å². The zero-order chi connectivity index (χ0) is 10.4. The number of carboxylic acid groups (broad SMARTS) is 1. The van der Waals surface area contributed by atoms with E-state index in [1.807, 2.05) is 0 Å². The SMILES string of the molecule is O=C(O)/C(=C/OCO)c1ccccc1. The van der Waals surface area contributed by atoms with Gasteiger partial charge in [-0.05, 0) is 5.56 Å². The minimum Gasteiger partial charge on any atom is -0.478 e. The third-order valence-corrected chi connectivity index (χ3v) is 1.59. The molecule has 0 fully saturated rings. The standard InChI is InChI=1S/C10H10O4/c11-7-14-6-9(10(12)13)8-4-2-1-3-5-8/h1-6,11H,7H2,(H,12,13)/b9-6+. The highest BCUT2D eigenvalue weighted by Gasteiger charge is 2.09. The lowest BCUT2D eigenvalue weighted by atomic mass is 10.1. The van der Waals surface area contributed by atoms with Gasteiger partial charge in [0.2, 0.25) is 0 Å². The van der Waals surface area contributed by atoms with Crippen LogP contribution in [-0.4, -0.2) is 23.0 Å². The molecule has 0 saturated heterocycles. The lowest BCUT2D eigenvalue weighted by molar-refractivity contribution is -0.130. The molecule has 4 nitrogen and oxygen atoms in total. The summed E-state index contributed by atoms with van der Waals surface area (Å²) < 4.78 is 4.52. The van der Waals surface area contributed by atoms with Gasteiger partial charge in [0.05, 0.1) is 0 Å². The summed E-state index contributed by atoms with van der Waals surface area (Å²) in [5, 5.41) is 17.2. The summed E-state index contributed by atoms with van der Waals surface area (Å²) in [6.07, 6.45) is 1.03. The van der Waals surface area contributed by atoms with Crippen molar-refractivity contribution in [3.63, 3.8) is 0 Å². The zero-order valence-corrected chi connectivity index (χ0v) is 7.38. The molecule has 0 bridgehead atoms. The Hall–Kier alpha value is -1.81. The number of hydrogen-bond donors (Lipinski definition) is 2. The highest BCUT2D eigenvalue weighted by molar-refractivity contribution is 6.14. The fourth-order valence-corrected chi connectivity index (χ4v) is 0.980. The Balaban J connectivity index is 2.95. The van der Waals surface area contributed by atoms with Gasteiger partial charge in [-0.1, -0.05) is 30.3 Å². The molecule has 2 N–H and O–H groups in total. The predicted octanol–water partition coefficient (Wildman–Crippen LogP) is 1.08. The molecule has 1 aromatic rings. The molecule has 0 atom stereocenters. The van der Waals surface area contributed by atoms with Gasteiger partial charge in [0.25, 0.3) is 0 Å². The fraction of sp³-hybridized carbons (Fsp3) is 0.100. The van der Waals surface area contributed by atoms with E-state index in [1.54, 1.807) is 30.3 Å². The monoisotopic (exact) mass is 194 g/mol. The van der Waals surface area contributed by atoms with E-state index in [0.29, 0.717) is 5.56 Å². The van der Waals surface area contributed by atoms with E-state index in [0.717, 1.165) is 6.26 Å². The molecule has 14 heavy (non-hydrogen) atoms. The Kier molecular flexibility index (Phi) is 3.69. The van der Waals surface area contributed by atoms with Crippen molar-refractivity contribution >= 4 is 11.5 Å². The minimum atomic E-state index is -1.09. The number of aliphatic hydroxyl groups excluding tert-OH is 1. The van der Waals surface area contributed by atoms with E-state index in [1.165, 1.54) is 0 Å². The van der Waals surface area contributed by atoms with E-state index < -0.39 is 12.8 Å². The number of benzene rings is 1. The molecule has 0 aliphatic rings. The molecule has 0 aliphatic heterocycles. The van der Waals surface area contributed by atoms with Crippen molar-refractivity contribution in [3.05, 3.63) is 42.2 Å². The van der Waals surface area contributed by atoms with Crippen LogP contribution in [0.5, 0.6) is 0 Å². The quantitative estimate of drug-likeness (QED) is 0.427. The third-order valence-electron chi connectivity index (χ3n) is 1.59. The fourth-order valence-electron chi connectivity index (χ4n) is 0.980. The van der Waals surface area contributed by atoms with Crippen LogP contribution < -0.4 is 0 Å². The highest BCUT2D eigenvalue weighted by atomic mass is 16.6. The Morgan fingerprint density at radius 2 is 2.00 bits per heavy atom. The summed E-state index contributed by atoms with van der Waals surface area (Å²) >= 11 is 0. The molecule has 0 saturated carbocycles. The first-order valence-electron chi connectivity index (χ1n) is 3.97. The number of hydrogen-bond acceptors (Lipinski definition) is 3. The number of aliphatic hydroxyl groups is 1. The van der Waals surface area contributed by atoms with Crippen LogP contribution in [0, 0.1) is 0 Å².